The number of thioether (sulfide) groups is 1. The van der Waals surface area contributed by atoms with Crippen molar-refractivity contribution in [3.63, 3.8) is 0 Å². The summed E-state index contributed by atoms with van der Waals surface area (Å²) in [6, 6.07) is 14.2. The van der Waals surface area contributed by atoms with Crippen LogP contribution in [-0.4, -0.2) is 57.6 Å². The predicted molar refractivity (Wildman–Crippen MR) is 122 cm³/mol. The minimum Gasteiger partial charge on any atom is -0.383 e. The molecular formula is C23H27N5OS. The Morgan fingerprint density at radius 1 is 1.07 bits per heavy atom. The van der Waals surface area contributed by atoms with Crippen molar-refractivity contribution in [1.29, 1.82) is 0 Å². The highest BCUT2D eigenvalue weighted by Crippen LogP contribution is 2.24. The zero-order valence-corrected chi connectivity index (χ0v) is 18.3. The lowest BCUT2D eigenvalue weighted by Gasteiger charge is -2.34. The van der Waals surface area contributed by atoms with Crippen LogP contribution in [0.1, 0.15) is 17.0 Å². The van der Waals surface area contributed by atoms with Gasteiger partial charge in [0.15, 0.2) is 0 Å². The second kappa shape index (κ2) is 9.02. The Bertz CT molecular complexity index is 1060. The Balaban J connectivity index is 1.30. The molecule has 0 atom stereocenters. The van der Waals surface area contributed by atoms with E-state index in [0.717, 1.165) is 42.9 Å². The molecule has 2 N–H and O–H groups in total. The van der Waals surface area contributed by atoms with Crippen LogP contribution >= 0.6 is 11.8 Å². The summed E-state index contributed by atoms with van der Waals surface area (Å²) in [5.41, 5.74) is 9.42. The molecule has 2 aromatic carbocycles. The van der Waals surface area contributed by atoms with Crippen LogP contribution in [0.25, 0.3) is 10.9 Å². The van der Waals surface area contributed by atoms with Crippen LogP contribution in [0, 0.1) is 13.8 Å². The van der Waals surface area contributed by atoms with Crippen LogP contribution in [0.15, 0.2) is 47.4 Å². The molecule has 1 fully saturated rings. The lowest BCUT2D eigenvalue weighted by Crippen LogP contribution is -2.49. The standard InChI is InChI=1S/C23H27N5OS/c1-16-7-8-17(2)20(13-16)30-15-22(29)28-11-9-27(10-12-28)14-21-25-19-6-4-3-5-18(19)23(24)26-21/h3-8,13H,9-12,14-15H2,1-2H3,(H2,24,25,26). The number of nitrogen functional groups attached to an aromatic ring is 1. The van der Waals surface area contributed by atoms with Gasteiger partial charge >= 0.3 is 0 Å². The number of para-hydroxylation sites is 1. The number of aromatic nitrogens is 2. The van der Waals surface area contributed by atoms with Crippen molar-refractivity contribution >= 4 is 34.4 Å². The van der Waals surface area contributed by atoms with Crippen LogP contribution in [0.5, 0.6) is 0 Å². The third-order valence-corrected chi connectivity index (χ3v) is 6.61. The van der Waals surface area contributed by atoms with Crippen molar-refractivity contribution < 1.29 is 4.79 Å². The highest BCUT2D eigenvalue weighted by molar-refractivity contribution is 8.00. The third-order valence-electron chi connectivity index (χ3n) is 5.46. The number of nitrogens with two attached hydrogens (primary N) is 1. The highest BCUT2D eigenvalue weighted by atomic mass is 32.2. The van der Waals surface area contributed by atoms with Gasteiger partial charge in [-0.2, -0.15) is 0 Å². The number of aryl methyl sites for hydroxylation is 2. The Hall–Kier alpha value is -2.64. The van der Waals surface area contributed by atoms with Gasteiger partial charge in [0.05, 0.1) is 17.8 Å². The fourth-order valence-electron chi connectivity index (χ4n) is 3.67. The van der Waals surface area contributed by atoms with E-state index in [4.69, 9.17) is 5.73 Å². The molecule has 0 aliphatic carbocycles. The Labute approximate surface area is 181 Å². The molecule has 0 bridgehead atoms. The summed E-state index contributed by atoms with van der Waals surface area (Å²) < 4.78 is 0. The SMILES string of the molecule is Cc1ccc(C)c(SCC(=O)N2CCN(Cc3nc(N)c4ccccc4n3)CC2)c1. The van der Waals surface area contributed by atoms with Gasteiger partial charge in [0, 0.05) is 36.5 Å². The molecule has 0 radical (unpaired) electrons. The Morgan fingerprint density at radius 3 is 2.63 bits per heavy atom. The maximum Gasteiger partial charge on any atom is 0.233 e. The molecule has 30 heavy (non-hydrogen) atoms. The number of benzene rings is 2. The molecule has 1 aliphatic heterocycles. The first kappa shape index (κ1) is 20.6. The molecule has 0 saturated carbocycles. The zero-order valence-electron chi connectivity index (χ0n) is 17.5. The molecule has 1 amide bonds. The molecule has 156 valence electrons. The zero-order chi connectivity index (χ0) is 21.1. The fourth-order valence-corrected chi connectivity index (χ4v) is 4.70. The van der Waals surface area contributed by atoms with Gasteiger partial charge in [0.1, 0.15) is 11.6 Å². The number of carbonyl (C=O) groups is 1. The Morgan fingerprint density at radius 2 is 1.83 bits per heavy atom. The highest BCUT2D eigenvalue weighted by Gasteiger charge is 2.22. The van der Waals surface area contributed by atoms with E-state index in [1.54, 1.807) is 11.8 Å². The quantitative estimate of drug-likeness (QED) is 0.638. The minimum absolute atomic E-state index is 0.201. The predicted octanol–water partition coefficient (Wildman–Crippen LogP) is 3.27. The number of hydrogen-bond acceptors (Lipinski definition) is 6. The van der Waals surface area contributed by atoms with Gasteiger partial charge in [-0.25, -0.2) is 9.97 Å². The van der Waals surface area contributed by atoms with Gasteiger partial charge < -0.3 is 10.6 Å². The number of hydrogen-bond donors (Lipinski definition) is 1. The van der Waals surface area contributed by atoms with Crippen molar-refractivity contribution in [2.75, 3.05) is 37.7 Å². The van der Waals surface area contributed by atoms with Crippen LogP contribution in [0.4, 0.5) is 5.82 Å². The Kier molecular flexibility index (Phi) is 6.20. The van der Waals surface area contributed by atoms with Gasteiger partial charge in [-0.3, -0.25) is 9.69 Å². The monoisotopic (exact) mass is 421 g/mol. The summed E-state index contributed by atoms with van der Waals surface area (Å²) in [5, 5.41) is 0.887. The van der Waals surface area contributed by atoms with E-state index in [1.807, 2.05) is 29.2 Å². The van der Waals surface area contributed by atoms with E-state index in [9.17, 15) is 4.79 Å². The first-order chi connectivity index (χ1) is 14.5. The van der Waals surface area contributed by atoms with Gasteiger partial charge in [0.2, 0.25) is 5.91 Å². The molecule has 7 heteroatoms. The lowest BCUT2D eigenvalue weighted by atomic mass is 10.2. The van der Waals surface area contributed by atoms with E-state index < -0.39 is 0 Å². The molecule has 2 heterocycles. The number of carbonyl (C=O) groups excluding carboxylic acids is 1. The van der Waals surface area contributed by atoms with Crippen molar-refractivity contribution in [3.05, 3.63) is 59.4 Å². The number of anilines is 1. The van der Waals surface area contributed by atoms with Crippen LogP contribution in [0.2, 0.25) is 0 Å². The van der Waals surface area contributed by atoms with Crippen LogP contribution in [-0.2, 0) is 11.3 Å². The maximum absolute atomic E-state index is 12.7. The van der Waals surface area contributed by atoms with Crippen LogP contribution < -0.4 is 5.73 Å². The molecule has 3 aromatic rings. The molecule has 4 rings (SSSR count). The lowest BCUT2D eigenvalue weighted by molar-refractivity contribution is -0.130. The summed E-state index contributed by atoms with van der Waals surface area (Å²) in [6.07, 6.45) is 0. The molecular weight excluding hydrogens is 394 g/mol. The third kappa shape index (κ3) is 4.74. The number of fused-ring (bicyclic) bond motifs is 1. The van der Waals surface area contributed by atoms with Crippen LogP contribution in [0.3, 0.4) is 0 Å². The van der Waals surface area contributed by atoms with E-state index >= 15 is 0 Å². The normalized spacial score (nSPS) is 14.9. The second-order valence-corrected chi connectivity index (χ2v) is 8.77. The average molecular weight is 422 g/mol. The van der Waals surface area contributed by atoms with Gasteiger partial charge in [-0.05, 0) is 37.6 Å². The first-order valence-corrected chi connectivity index (χ1v) is 11.2. The summed E-state index contributed by atoms with van der Waals surface area (Å²) >= 11 is 1.63. The van der Waals surface area contributed by atoms with E-state index in [1.165, 1.54) is 16.0 Å². The van der Waals surface area contributed by atoms with Gasteiger partial charge in [-0.1, -0.05) is 29.8 Å². The van der Waals surface area contributed by atoms with Crippen molar-refractivity contribution in [2.24, 2.45) is 0 Å². The first-order valence-electron chi connectivity index (χ1n) is 10.2. The molecule has 1 aliphatic rings. The number of rotatable bonds is 5. The maximum atomic E-state index is 12.7. The largest absolute Gasteiger partial charge is 0.383 e. The molecule has 0 spiro atoms. The number of piperazine rings is 1. The van der Waals surface area contributed by atoms with E-state index in [-0.39, 0.29) is 5.91 Å². The number of amides is 1. The average Bonchev–Trinajstić information content (AvgIpc) is 2.75. The fraction of sp³-hybridized carbons (Fsp3) is 0.348. The van der Waals surface area contributed by atoms with Crippen molar-refractivity contribution in [1.82, 2.24) is 19.8 Å². The minimum atomic E-state index is 0.201. The van der Waals surface area contributed by atoms with Crippen molar-refractivity contribution in [2.45, 2.75) is 25.3 Å². The second-order valence-electron chi connectivity index (χ2n) is 7.76. The van der Waals surface area contributed by atoms with Gasteiger partial charge in [0.25, 0.3) is 0 Å². The van der Waals surface area contributed by atoms with Crippen molar-refractivity contribution in [3.8, 4) is 0 Å². The van der Waals surface area contributed by atoms with E-state index in [0.29, 0.717) is 18.1 Å². The topological polar surface area (TPSA) is 75.4 Å². The van der Waals surface area contributed by atoms with E-state index in [2.05, 4.69) is 46.9 Å². The smallest absolute Gasteiger partial charge is 0.233 e. The molecule has 1 aromatic heterocycles. The molecule has 0 unspecified atom stereocenters. The summed E-state index contributed by atoms with van der Waals surface area (Å²) in [7, 11) is 0. The number of nitrogens with zero attached hydrogens (tertiary/aromatic N) is 4. The summed E-state index contributed by atoms with van der Waals surface area (Å²) in [6.45, 7) is 7.91. The van der Waals surface area contributed by atoms with Gasteiger partial charge in [-0.15, -0.1) is 11.8 Å². The molecule has 1 saturated heterocycles. The summed E-state index contributed by atoms with van der Waals surface area (Å²) in [4.78, 5) is 27.2. The summed E-state index contributed by atoms with van der Waals surface area (Å²) in [5.74, 6) is 1.94. The molecule has 6 nitrogen and oxygen atoms in total.